The second-order valence-corrected chi connectivity index (χ2v) is 12.1. The SMILES string of the molecule is CC(C)N(C(=O)c1cc(O)cc([Si](C)(C)C)c1O)C(C)C. The number of aromatic hydroxyl groups is 2. The van der Waals surface area contributed by atoms with Gasteiger partial charge in [-0.2, -0.15) is 0 Å². The second-order valence-electron chi connectivity index (χ2n) is 7.04. The van der Waals surface area contributed by atoms with Crippen LogP contribution in [-0.4, -0.2) is 41.2 Å². The lowest BCUT2D eigenvalue weighted by Crippen LogP contribution is -2.43. The minimum absolute atomic E-state index is 0.0169. The van der Waals surface area contributed by atoms with E-state index < -0.39 is 8.07 Å². The zero-order chi connectivity index (χ0) is 16.5. The Hall–Kier alpha value is -1.49. The summed E-state index contributed by atoms with van der Waals surface area (Å²) in [5.41, 5.74) is 0.190. The van der Waals surface area contributed by atoms with Crippen molar-refractivity contribution in [2.45, 2.75) is 59.4 Å². The van der Waals surface area contributed by atoms with Crippen LogP contribution in [0.5, 0.6) is 11.5 Å². The van der Waals surface area contributed by atoms with E-state index in [9.17, 15) is 15.0 Å². The summed E-state index contributed by atoms with van der Waals surface area (Å²) >= 11 is 0. The van der Waals surface area contributed by atoms with Crippen molar-refractivity contribution in [2.75, 3.05) is 0 Å². The van der Waals surface area contributed by atoms with E-state index in [0.717, 1.165) is 0 Å². The monoisotopic (exact) mass is 309 g/mol. The van der Waals surface area contributed by atoms with Crippen LogP contribution in [0.4, 0.5) is 0 Å². The first kappa shape index (κ1) is 17.6. The van der Waals surface area contributed by atoms with E-state index in [1.807, 2.05) is 27.7 Å². The quantitative estimate of drug-likeness (QED) is 0.664. The van der Waals surface area contributed by atoms with Gasteiger partial charge in [0.15, 0.2) is 0 Å². The molecular weight excluding hydrogens is 282 g/mol. The van der Waals surface area contributed by atoms with Crippen LogP contribution >= 0.6 is 0 Å². The summed E-state index contributed by atoms with van der Waals surface area (Å²) in [6, 6.07) is 2.98. The molecule has 1 aromatic carbocycles. The number of phenols is 2. The highest BCUT2D eigenvalue weighted by molar-refractivity contribution is 6.89. The smallest absolute Gasteiger partial charge is 0.258 e. The molecule has 0 radical (unpaired) electrons. The molecule has 0 spiro atoms. The highest BCUT2D eigenvalue weighted by atomic mass is 28.3. The molecule has 21 heavy (non-hydrogen) atoms. The fraction of sp³-hybridized carbons (Fsp3) is 0.562. The maximum Gasteiger partial charge on any atom is 0.258 e. The van der Waals surface area contributed by atoms with Gasteiger partial charge in [0.1, 0.15) is 11.5 Å². The van der Waals surface area contributed by atoms with Gasteiger partial charge < -0.3 is 15.1 Å². The predicted molar refractivity (Wildman–Crippen MR) is 89.2 cm³/mol. The third-order valence-corrected chi connectivity index (χ3v) is 5.48. The molecule has 0 aliphatic rings. The molecule has 1 amide bonds. The lowest BCUT2D eigenvalue weighted by atomic mass is 10.1. The van der Waals surface area contributed by atoms with Gasteiger partial charge in [-0.3, -0.25) is 4.79 Å². The summed E-state index contributed by atoms with van der Waals surface area (Å²) in [5.74, 6) is -0.197. The highest BCUT2D eigenvalue weighted by Crippen LogP contribution is 2.26. The Morgan fingerprint density at radius 1 is 1.05 bits per heavy atom. The number of carbonyl (C=O) groups is 1. The lowest BCUT2D eigenvalue weighted by molar-refractivity contribution is 0.0640. The topological polar surface area (TPSA) is 60.8 Å². The lowest BCUT2D eigenvalue weighted by Gasteiger charge is -2.31. The van der Waals surface area contributed by atoms with E-state index in [4.69, 9.17) is 0 Å². The second kappa shape index (κ2) is 6.09. The molecular formula is C16H27NO3Si. The van der Waals surface area contributed by atoms with Crippen LogP contribution in [-0.2, 0) is 0 Å². The number of benzene rings is 1. The largest absolute Gasteiger partial charge is 0.508 e. The van der Waals surface area contributed by atoms with Crippen molar-refractivity contribution in [3.05, 3.63) is 17.7 Å². The molecule has 0 unspecified atom stereocenters. The van der Waals surface area contributed by atoms with Gasteiger partial charge in [0.05, 0.1) is 13.6 Å². The van der Waals surface area contributed by atoms with E-state index in [2.05, 4.69) is 19.6 Å². The Kier molecular flexibility index (Phi) is 5.10. The molecule has 0 bridgehead atoms. The standard InChI is InChI=1S/C16H27NO3Si/c1-10(2)17(11(3)4)16(20)13-8-12(18)9-14(15(13)19)21(5,6)7/h8-11,18-19H,1-7H3. The third-order valence-electron chi connectivity index (χ3n) is 3.48. The minimum atomic E-state index is -1.86. The maximum absolute atomic E-state index is 12.8. The number of carbonyl (C=O) groups excluding carboxylic acids is 1. The number of nitrogens with zero attached hydrogens (tertiary/aromatic N) is 1. The molecule has 1 aromatic rings. The van der Waals surface area contributed by atoms with Crippen LogP contribution in [0.3, 0.4) is 0 Å². The summed E-state index contributed by atoms with van der Waals surface area (Å²) in [4.78, 5) is 14.5. The first-order valence-corrected chi connectivity index (χ1v) is 10.9. The van der Waals surface area contributed by atoms with Crippen molar-refractivity contribution in [1.82, 2.24) is 4.90 Å². The summed E-state index contributed by atoms with van der Waals surface area (Å²) in [6.07, 6.45) is 0. The van der Waals surface area contributed by atoms with Crippen molar-refractivity contribution in [3.8, 4) is 11.5 Å². The highest BCUT2D eigenvalue weighted by Gasteiger charge is 2.29. The molecule has 0 aliphatic carbocycles. The predicted octanol–water partition coefficient (Wildman–Crippen LogP) is 2.90. The summed E-state index contributed by atoms with van der Waals surface area (Å²) in [6.45, 7) is 14.0. The molecule has 0 heterocycles. The molecule has 0 saturated carbocycles. The third kappa shape index (κ3) is 3.78. The summed E-state index contributed by atoms with van der Waals surface area (Å²) in [7, 11) is -1.86. The molecule has 1 rings (SSSR count). The molecule has 5 heteroatoms. The Morgan fingerprint density at radius 3 is 1.90 bits per heavy atom. The maximum atomic E-state index is 12.8. The Balaban J connectivity index is 3.43. The molecule has 0 saturated heterocycles. The molecule has 2 N–H and O–H groups in total. The molecule has 0 fully saturated rings. The van der Waals surface area contributed by atoms with Gasteiger partial charge >= 0.3 is 0 Å². The summed E-state index contributed by atoms with van der Waals surface area (Å²) < 4.78 is 0. The Morgan fingerprint density at radius 2 is 1.52 bits per heavy atom. The molecule has 4 nitrogen and oxygen atoms in total. The normalized spacial score (nSPS) is 12.0. The average molecular weight is 309 g/mol. The first-order valence-electron chi connectivity index (χ1n) is 7.36. The number of phenolic OH excluding ortho intramolecular Hbond substituents is 2. The van der Waals surface area contributed by atoms with E-state index in [-0.39, 0.29) is 35.1 Å². The van der Waals surface area contributed by atoms with Gasteiger partial charge in [-0.1, -0.05) is 19.6 Å². The first-order chi connectivity index (χ1) is 9.46. The van der Waals surface area contributed by atoms with Gasteiger partial charge in [-0.15, -0.1) is 0 Å². The Bertz CT molecular complexity index is 525. The van der Waals surface area contributed by atoms with E-state index >= 15 is 0 Å². The van der Waals surface area contributed by atoms with Gasteiger partial charge in [-0.05, 0) is 45.0 Å². The fourth-order valence-corrected chi connectivity index (χ4v) is 3.98. The van der Waals surface area contributed by atoms with Crippen LogP contribution in [0.2, 0.25) is 19.6 Å². The van der Waals surface area contributed by atoms with Crippen molar-refractivity contribution in [1.29, 1.82) is 0 Å². The van der Waals surface area contributed by atoms with E-state index in [1.165, 1.54) is 6.07 Å². The number of hydrogen-bond donors (Lipinski definition) is 2. The minimum Gasteiger partial charge on any atom is -0.508 e. The van der Waals surface area contributed by atoms with Crippen molar-refractivity contribution < 1.29 is 15.0 Å². The van der Waals surface area contributed by atoms with Crippen molar-refractivity contribution in [2.24, 2.45) is 0 Å². The van der Waals surface area contributed by atoms with Crippen LogP contribution in [0.15, 0.2) is 12.1 Å². The van der Waals surface area contributed by atoms with Crippen molar-refractivity contribution >= 4 is 19.2 Å². The molecule has 0 aromatic heterocycles. The van der Waals surface area contributed by atoms with Crippen molar-refractivity contribution in [3.63, 3.8) is 0 Å². The van der Waals surface area contributed by atoms with Gasteiger partial charge in [0.25, 0.3) is 5.91 Å². The fourth-order valence-electron chi connectivity index (χ4n) is 2.56. The molecule has 0 atom stereocenters. The van der Waals surface area contributed by atoms with E-state index in [0.29, 0.717) is 5.19 Å². The van der Waals surface area contributed by atoms with Crippen LogP contribution < -0.4 is 5.19 Å². The Labute approximate surface area is 128 Å². The van der Waals surface area contributed by atoms with Gasteiger partial charge in [0, 0.05) is 12.1 Å². The van der Waals surface area contributed by atoms with E-state index in [1.54, 1.807) is 11.0 Å². The average Bonchev–Trinajstić information content (AvgIpc) is 2.29. The number of hydrogen-bond acceptors (Lipinski definition) is 3. The van der Waals surface area contributed by atoms with Gasteiger partial charge in [0.2, 0.25) is 0 Å². The summed E-state index contributed by atoms with van der Waals surface area (Å²) in [5, 5.41) is 21.1. The van der Waals surface area contributed by atoms with Crippen LogP contribution in [0.1, 0.15) is 38.1 Å². The molecule has 118 valence electrons. The van der Waals surface area contributed by atoms with Crippen LogP contribution in [0, 0.1) is 0 Å². The molecule has 0 aliphatic heterocycles. The zero-order valence-electron chi connectivity index (χ0n) is 14.1. The number of rotatable bonds is 4. The number of amides is 1. The van der Waals surface area contributed by atoms with Crippen LogP contribution in [0.25, 0.3) is 0 Å². The zero-order valence-corrected chi connectivity index (χ0v) is 15.1. The van der Waals surface area contributed by atoms with Gasteiger partial charge in [-0.25, -0.2) is 0 Å².